The topological polar surface area (TPSA) is 47.1 Å². The van der Waals surface area contributed by atoms with Gasteiger partial charge >= 0.3 is 0 Å². The number of ether oxygens (including phenoxy) is 3. The largest absolute Gasteiger partial charge is 0.472 e. The molecule has 2 aliphatic heterocycles. The highest BCUT2D eigenvalue weighted by molar-refractivity contribution is 5.60. The van der Waals surface area contributed by atoms with Crippen LogP contribution in [-0.4, -0.2) is 61.7 Å². The molecule has 1 aliphatic carbocycles. The quantitative estimate of drug-likeness (QED) is 0.808. The smallest absolute Gasteiger partial charge is 0.217 e. The summed E-state index contributed by atoms with van der Waals surface area (Å²) >= 11 is 0. The van der Waals surface area contributed by atoms with Crippen molar-refractivity contribution in [3.8, 4) is 5.88 Å². The molecule has 0 radical (unpaired) electrons. The molecule has 0 aromatic carbocycles. The molecule has 1 atom stereocenters. The molecule has 0 N–H and O–H groups in total. The maximum absolute atomic E-state index is 6.19. The Morgan fingerprint density at radius 3 is 2.59 bits per heavy atom. The molecule has 3 heterocycles. The maximum atomic E-state index is 6.19. The Hall–Kier alpha value is -1.53. The molecule has 0 amide bonds. The Balaban J connectivity index is 1.71. The lowest BCUT2D eigenvalue weighted by atomic mass is 9.75. The van der Waals surface area contributed by atoms with Crippen molar-refractivity contribution >= 4 is 11.5 Å². The van der Waals surface area contributed by atoms with E-state index in [2.05, 4.69) is 49.6 Å². The minimum absolute atomic E-state index is 0.125. The van der Waals surface area contributed by atoms with Gasteiger partial charge in [0, 0.05) is 37.0 Å². The first-order valence-electron chi connectivity index (χ1n) is 10.3. The Kier molecular flexibility index (Phi) is 4.97. The second kappa shape index (κ2) is 7.13. The van der Waals surface area contributed by atoms with Gasteiger partial charge in [-0.3, -0.25) is 0 Å². The third-order valence-electron chi connectivity index (χ3n) is 5.85. The number of aromatic nitrogens is 1. The van der Waals surface area contributed by atoms with E-state index in [0.717, 1.165) is 45.3 Å². The summed E-state index contributed by atoms with van der Waals surface area (Å²) in [5, 5.41) is 0. The van der Waals surface area contributed by atoms with Crippen molar-refractivity contribution in [2.75, 3.05) is 49.3 Å². The fourth-order valence-corrected chi connectivity index (χ4v) is 4.35. The summed E-state index contributed by atoms with van der Waals surface area (Å²) in [4.78, 5) is 9.82. The van der Waals surface area contributed by atoms with E-state index in [1.165, 1.54) is 24.9 Å². The van der Waals surface area contributed by atoms with E-state index < -0.39 is 0 Å². The first-order chi connectivity index (χ1) is 12.9. The van der Waals surface area contributed by atoms with E-state index in [0.29, 0.717) is 11.9 Å². The van der Waals surface area contributed by atoms with Crippen LogP contribution in [-0.2, 0) is 9.47 Å². The summed E-state index contributed by atoms with van der Waals surface area (Å²) < 4.78 is 17.7. The lowest BCUT2D eigenvalue weighted by Gasteiger charge is -2.53. The maximum Gasteiger partial charge on any atom is 0.217 e. The number of rotatable bonds is 3. The van der Waals surface area contributed by atoms with Crippen LogP contribution in [0.25, 0.3) is 0 Å². The van der Waals surface area contributed by atoms with E-state index >= 15 is 0 Å². The van der Waals surface area contributed by atoms with Gasteiger partial charge in [-0.2, -0.15) is 4.98 Å². The van der Waals surface area contributed by atoms with Crippen molar-refractivity contribution in [2.45, 2.75) is 64.1 Å². The average molecular weight is 376 g/mol. The van der Waals surface area contributed by atoms with Crippen LogP contribution in [0, 0.1) is 0 Å². The van der Waals surface area contributed by atoms with Crippen LogP contribution in [0.1, 0.15) is 47.0 Å². The summed E-state index contributed by atoms with van der Waals surface area (Å²) in [6.07, 6.45) is 3.63. The molecule has 6 heteroatoms. The third-order valence-corrected chi connectivity index (χ3v) is 5.85. The summed E-state index contributed by atoms with van der Waals surface area (Å²) in [5.41, 5.74) is 1.02. The van der Waals surface area contributed by atoms with Crippen molar-refractivity contribution < 1.29 is 14.2 Å². The van der Waals surface area contributed by atoms with Crippen LogP contribution in [0.15, 0.2) is 12.1 Å². The molecule has 3 fully saturated rings. The highest BCUT2D eigenvalue weighted by Gasteiger charge is 2.45. The van der Waals surface area contributed by atoms with Gasteiger partial charge < -0.3 is 24.0 Å². The monoisotopic (exact) mass is 375 g/mol. The zero-order chi connectivity index (χ0) is 19.1. The van der Waals surface area contributed by atoms with Gasteiger partial charge in [-0.25, -0.2) is 0 Å². The van der Waals surface area contributed by atoms with E-state index in [-0.39, 0.29) is 11.1 Å². The van der Waals surface area contributed by atoms with E-state index in [1.807, 2.05) is 0 Å². The van der Waals surface area contributed by atoms with Crippen molar-refractivity contribution in [1.29, 1.82) is 0 Å². The predicted octanol–water partition coefficient (Wildman–Crippen LogP) is 3.24. The van der Waals surface area contributed by atoms with Gasteiger partial charge in [-0.1, -0.05) is 0 Å². The van der Waals surface area contributed by atoms with E-state index in [1.54, 1.807) is 0 Å². The van der Waals surface area contributed by atoms with Crippen LogP contribution in [0.4, 0.5) is 11.5 Å². The van der Waals surface area contributed by atoms with Crippen LogP contribution in [0.5, 0.6) is 5.88 Å². The van der Waals surface area contributed by atoms with Crippen molar-refractivity contribution in [3.05, 3.63) is 12.1 Å². The van der Waals surface area contributed by atoms with E-state index in [9.17, 15) is 0 Å². The second-order valence-corrected chi connectivity index (χ2v) is 9.14. The van der Waals surface area contributed by atoms with Crippen molar-refractivity contribution in [2.24, 2.45) is 0 Å². The first-order valence-corrected chi connectivity index (χ1v) is 10.3. The zero-order valence-electron chi connectivity index (χ0n) is 17.2. The van der Waals surface area contributed by atoms with Crippen molar-refractivity contribution in [1.82, 2.24) is 4.98 Å². The average Bonchev–Trinajstić information content (AvgIpc) is 2.59. The minimum atomic E-state index is -0.279. The van der Waals surface area contributed by atoms with Gasteiger partial charge in [0.2, 0.25) is 5.88 Å². The van der Waals surface area contributed by atoms with Gasteiger partial charge in [-0.15, -0.1) is 0 Å². The predicted molar refractivity (Wildman–Crippen MR) is 107 cm³/mol. The van der Waals surface area contributed by atoms with Gasteiger partial charge in [0.1, 0.15) is 11.4 Å². The number of nitrogens with zero attached hydrogens (tertiary/aromatic N) is 3. The van der Waals surface area contributed by atoms with Crippen molar-refractivity contribution in [3.63, 3.8) is 0 Å². The Labute approximate surface area is 162 Å². The molecule has 4 rings (SSSR count). The minimum Gasteiger partial charge on any atom is -0.472 e. The third kappa shape index (κ3) is 3.87. The highest BCUT2D eigenvalue weighted by atomic mass is 16.5. The first kappa shape index (κ1) is 18.8. The van der Waals surface area contributed by atoms with Gasteiger partial charge in [0.25, 0.3) is 0 Å². The fraction of sp³-hybridized carbons (Fsp3) is 0.762. The normalized spacial score (nSPS) is 25.4. The second-order valence-electron chi connectivity index (χ2n) is 9.14. The molecule has 150 valence electrons. The van der Waals surface area contributed by atoms with Gasteiger partial charge in [-0.05, 0) is 47.0 Å². The number of morpholine rings is 2. The van der Waals surface area contributed by atoms with Gasteiger partial charge in [0.05, 0.1) is 32.0 Å². The molecule has 3 aliphatic rings. The Morgan fingerprint density at radius 2 is 1.93 bits per heavy atom. The fourth-order valence-electron chi connectivity index (χ4n) is 4.35. The molecular weight excluding hydrogens is 342 g/mol. The molecule has 6 nitrogen and oxygen atoms in total. The van der Waals surface area contributed by atoms with E-state index in [4.69, 9.17) is 19.2 Å². The van der Waals surface area contributed by atoms with Crippen LogP contribution >= 0.6 is 0 Å². The van der Waals surface area contributed by atoms with Crippen LogP contribution < -0.4 is 14.5 Å². The Morgan fingerprint density at radius 1 is 1.15 bits per heavy atom. The highest BCUT2D eigenvalue weighted by Crippen LogP contribution is 2.43. The lowest BCUT2D eigenvalue weighted by molar-refractivity contribution is 0.0127. The molecule has 1 aromatic rings. The summed E-state index contributed by atoms with van der Waals surface area (Å²) in [5.74, 6) is 1.73. The van der Waals surface area contributed by atoms with Gasteiger partial charge in [0.15, 0.2) is 0 Å². The molecule has 2 saturated heterocycles. The SMILES string of the molecule is CC1COCCN1c1cc(OC(C)(C)C)nc(N2CCOCC23CCC3)c1. The molecule has 27 heavy (non-hydrogen) atoms. The molecule has 0 bridgehead atoms. The number of anilines is 2. The number of pyridine rings is 1. The summed E-state index contributed by atoms with van der Waals surface area (Å²) in [6.45, 7) is 13.3. The van der Waals surface area contributed by atoms with Crippen LogP contribution in [0.3, 0.4) is 0 Å². The molecule has 1 spiro atoms. The number of hydrogen-bond donors (Lipinski definition) is 0. The summed E-state index contributed by atoms with van der Waals surface area (Å²) in [6, 6.07) is 4.67. The standard InChI is InChI=1S/C21H33N3O3/c1-16-14-25-10-8-23(16)17-12-18(22-19(13-17)27-20(2,3)4)24-9-11-26-15-21(24)6-5-7-21/h12-13,16H,5-11,14-15H2,1-4H3. The molecule has 1 unspecified atom stereocenters. The Bertz CT molecular complexity index is 669. The lowest BCUT2D eigenvalue weighted by Crippen LogP contribution is -2.61. The molecule has 1 aromatic heterocycles. The zero-order valence-corrected chi connectivity index (χ0v) is 17.2. The number of hydrogen-bond acceptors (Lipinski definition) is 6. The molecular formula is C21H33N3O3. The van der Waals surface area contributed by atoms with Crippen LogP contribution in [0.2, 0.25) is 0 Å². The molecule has 1 saturated carbocycles. The summed E-state index contributed by atoms with van der Waals surface area (Å²) in [7, 11) is 0.